The van der Waals surface area contributed by atoms with Gasteiger partial charge in [-0.3, -0.25) is 4.79 Å². The first-order chi connectivity index (χ1) is 9.13. The third-order valence-electron chi connectivity index (χ3n) is 4.02. The summed E-state index contributed by atoms with van der Waals surface area (Å²) in [6.45, 7) is 1.21. The van der Waals surface area contributed by atoms with Gasteiger partial charge in [-0.15, -0.1) is 0 Å². The van der Waals surface area contributed by atoms with E-state index in [0.717, 1.165) is 32.2 Å². The first kappa shape index (κ1) is 14.3. The average molecular weight is 270 g/mol. The maximum Gasteiger partial charge on any atom is 0.326 e. The molecule has 0 spiro atoms. The van der Waals surface area contributed by atoms with Crippen LogP contribution in [0.15, 0.2) is 0 Å². The molecule has 0 aromatic heterocycles. The molecule has 6 heteroatoms. The topological polar surface area (TPSA) is 78.9 Å². The highest BCUT2D eigenvalue weighted by molar-refractivity contribution is 5.87. The fraction of sp³-hybridized carbons (Fsp3) is 0.846. The van der Waals surface area contributed by atoms with Crippen LogP contribution >= 0.6 is 0 Å². The van der Waals surface area contributed by atoms with Crippen LogP contribution in [0.5, 0.6) is 0 Å². The zero-order valence-electron chi connectivity index (χ0n) is 11.3. The number of carbonyl (C=O) groups is 2. The molecular weight excluding hydrogens is 248 g/mol. The summed E-state index contributed by atoms with van der Waals surface area (Å²) in [7, 11) is 1.56. The molecule has 0 aliphatic carbocycles. The van der Waals surface area contributed by atoms with Crippen molar-refractivity contribution in [1.82, 2.24) is 10.2 Å². The molecule has 0 aromatic rings. The summed E-state index contributed by atoms with van der Waals surface area (Å²) in [5.74, 6) is -1.03. The summed E-state index contributed by atoms with van der Waals surface area (Å²) >= 11 is 0. The molecule has 3 unspecified atom stereocenters. The molecule has 6 nitrogen and oxygen atoms in total. The molecule has 2 N–H and O–H groups in total. The van der Waals surface area contributed by atoms with Gasteiger partial charge in [0.2, 0.25) is 5.91 Å². The van der Waals surface area contributed by atoms with E-state index in [-0.39, 0.29) is 18.1 Å². The van der Waals surface area contributed by atoms with Crippen LogP contribution in [-0.4, -0.2) is 60.3 Å². The van der Waals surface area contributed by atoms with Gasteiger partial charge < -0.3 is 20.1 Å². The van der Waals surface area contributed by atoms with Gasteiger partial charge in [-0.25, -0.2) is 4.79 Å². The van der Waals surface area contributed by atoms with Crippen LogP contribution in [0.1, 0.15) is 32.1 Å². The van der Waals surface area contributed by atoms with Crippen LogP contribution in [0.25, 0.3) is 0 Å². The van der Waals surface area contributed by atoms with E-state index < -0.39 is 12.0 Å². The number of nitrogens with one attached hydrogen (secondary N) is 1. The highest BCUT2D eigenvalue weighted by atomic mass is 16.5. The molecule has 19 heavy (non-hydrogen) atoms. The fourth-order valence-corrected chi connectivity index (χ4v) is 2.89. The standard InChI is InChI=1S/C13H22N2O4/c1-19-9-7-11(13(17)18)15(8-9)12(16)10-5-3-2-4-6-14-10/h9-11,14H,2-8H2,1H3,(H,17,18). The predicted octanol–water partition coefficient (Wildman–Crippen LogP) is 0.219. The normalized spacial score (nSPS) is 32.1. The van der Waals surface area contributed by atoms with Crippen molar-refractivity contribution < 1.29 is 19.4 Å². The molecule has 0 radical (unpaired) electrons. The number of amides is 1. The van der Waals surface area contributed by atoms with E-state index in [1.165, 1.54) is 4.90 Å². The van der Waals surface area contributed by atoms with E-state index in [4.69, 9.17) is 4.74 Å². The molecule has 2 heterocycles. The zero-order valence-corrected chi connectivity index (χ0v) is 11.3. The molecule has 0 bridgehead atoms. The van der Waals surface area contributed by atoms with Crippen LogP contribution in [0.4, 0.5) is 0 Å². The van der Waals surface area contributed by atoms with Crippen LogP contribution in [0.3, 0.4) is 0 Å². The molecular formula is C13H22N2O4. The predicted molar refractivity (Wildman–Crippen MR) is 68.8 cm³/mol. The van der Waals surface area contributed by atoms with E-state index in [0.29, 0.717) is 13.0 Å². The Labute approximate surface area is 113 Å². The third kappa shape index (κ3) is 3.25. The van der Waals surface area contributed by atoms with E-state index in [2.05, 4.69) is 5.32 Å². The van der Waals surface area contributed by atoms with E-state index >= 15 is 0 Å². The lowest BCUT2D eigenvalue weighted by Gasteiger charge is -2.26. The first-order valence-corrected chi connectivity index (χ1v) is 6.93. The molecule has 3 atom stereocenters. The number of hydrogen-bond donors (Lipinski definition) is 2. The van der Waals surface area contributed by atoms with Crippen molar-refractivity contribution in [3.05, 3.63) is 0 Å². The lowest BCUT2D eigenvalue weighted by atomic mass is 10.1. The number of carboxylic acid groups (broad SMARTS) is 1. The summed E-state index contributed by atoms with van der Waals surface area (Å²) in [6, 6.07) is -0.984. The van der Waals surface area contributed by atoms with Crippen molar-refractivity contribution in [3.8, 4) is 0 Å². The molecule has 2 rings (SSSR count). The van der Waals surface area contributed by atoms with Gasteiger partial charge >= 0.3 is 5.97 Å². The Morgan fingerprint density at radius 3 is 2.79 bits per heavy atom. The summed E-state index contributed by atoms with van der Waals surface area (Å²) in [4.78, 5) is 25.2. The Balaban J connectivity index is 2.05. The number of carbonyl (C=O) groups excluding carboxylic acids is 1. The van der Waals surface area contributed by atoms with Crippen molar-refractivity contribution in [2.75, 3.05) is 20.2 Å². The van der Waals surface area contributed by atoms with Gasteiger partial charge in [0.05, 0.1) is 12.1 Å². The minimum atomic E-state index is -0.943. The minimum Gasteiger partial charge on any atom is -0.480 e. The van der Waals surface area contributed by atoms with E-state index in [1.54, 1.807) is 7.11 Å². The van der Waals surface area contributed by atoms with Crippen LogP contribution in [0, 0.1) is 0 Å². The summed E-state index contributed by atoms with van der Waals surface area (Å²) in [5, 5.41) is 12.5. The Bertz CT molecular complexity index is 340. The molecule has 2 saturated heterocycles. The molecule has 1 amide bonds. The number of aliphatic carboxylic acids is 1. The second-order valence-electron chi connectivity index (χ2n) is 5.29. The Hall–Kier alpha value is -1.14. The van der Waals surface area contributed by atoms with E-state index in [1.807, 2.05) is 0 Å². The minimum absolute atomic E-state index is 0.0890. The number of rotatable bonds is 3. The number of methoxy groups -OCH3 is 1. The van der Waals surface area contributed by atoms with Gasteiger partial charge in [0.1, 0.15) is 6.04 Å². The Morgan fingerprint density at radius 1 is 1.32 bits per heavy atom. The van der Waals surface area contributed by atoms with Gasteiger partial charge in [0.15, 0.2) is 0 Å². The summed E-state index contributed by atoms with van der Waals surface area (Å²) in [6.07, 6.45) is 4.22. The molecule has 0 aromatic carbocycles. The Kier molecular flexibility index (Phi) is 4.76. The van der Waals surface area contributed by atoms with Crippen molar-refractivity contribution in [2.45, 2.75) is 50.3 Å². The van der Waals surface area contributed by atoms with Crippen molar-refractivity contribution >= 4 is 11.9 Å². The van der Waals surface area contributed by atoms with Crippen LogP contribution in [0.2, 0.25) is 0 Å². The second-order valence-corrected chi connectivity index (χ2v) is 5.29. The SMILES string of the molecule is COC1CC(C(=O)O)N(C(=O)C2CCCCCN2)C1. The van der Waals surface area contributed by atoms with Gasteiger partial charge in [-0.2, -0.15) is 0 Å². The largest absolute Gasteiger partial charge is 0.480 e. The summed E-state index contributed by atoms with van der Waals surface area (Å²) < 4.78 is 5.21. The fourth-order valence-electron chi connectivity index (χ4n) is 2.89. The first-order valence-electron chi connectivity index (χ1n) is 6.93. The van der Waals surface area contributed by atoms with Crippen molar-refractivity contribution in [3.63, 3.8) is 0 Å². The molecule has 2 fully saturated rings. The zero-order chi connectivity index (χ0) is 13.8. The van der Waals surface area contributed by atoms with E-state index in [9.17, 15) is 14.7 Å². The smallest absolute Gasteiger partial charge is 0.326 e. The average Bonchev–Trinajstić information content (AvgIpc) is 2.65. The number of nitrogens with zero attached hydrogens (tertiary/aromatic N) is 1. The number of carboxylic acids is 1. The highest BCUT2D eigenvalue weighted by Crippen LogP contribution is 2.22. The molecule has 2 aliphatic rings. The van der Waals surface area contributed by atoms with Gasteiger partial charge in [-0.1, -0.05) is 12.8 Å². The molecule has 2 aliphatic heterocycles. The van der Waals surface area contributed by atoms with Gasteiger partial charge in [-0.05, 0) is 19.4 Å². The number of ether oxygens (including phenoxy) is 1. The monoisotopic (exact) mass is 270 g/mol. The Morgan fingerprint density at radius 2 is 2.11 bits per heavy atom. The number of likely N-dealkylation sites (tertiary alicyclic amines) is 1. The number of hydrogen-bond acceptors (Lipinski definition) is 4. The van der Waals surface area contributed by atoms with Crippen molar-refractivity contribution in [1.29, 1.82) is 0 Å². The van der Waals surface area contributed by atoms with Crippen molar-refractivity contribution in [2.24, 2.45) is 0 Å². The second kappa shape index (κ2) is 6.34. The lowest BCUT2D eigenvalue weighted by Crippen LogP contribution is -2.50. The van der Waals surface area contributed by atoms with Gasteiger partial charge in [0, 0.05) is 20.1 Å². The molecule has 0 saturated carbocycles. The summed E-state index contributed by atoms with van der Waals surface area (Å²) in [5.41, 5.74) is 0. The highest BCUT2D eigenvalue weighted by Gasteiger charge is 2.41. The van der Waals surface area contributed by atoms with Gasteiger partial charge in [0.25, 0.3) is 0 Å². The maximum absolute atomic E-state index is 12.5. The quantitative estimate of drug-likeness (QED) is 0.767. The lowest BCUT2D eigenvalue weighted by molar-refractivity contribution is -0.149. The van der Waals surface area contributed by atoms with Crippen LogP contribution < -0.4 is 5.32 Å². The molecule has 108 valence electrons. The third-order valence-corrected chi connectivity index (χ3v) is 4.02. The van der Waals surface area contributed by atoms with Crippen LogP contribution in [-0.2, 0) is 14.3 Å². The maximum atomic E-state index is 12.5.